The van der Waals surface area contributed by atoms with E-state index in [4.69, 9.17) is 4.74 Å². The second kappa shape index (κ2) is 7.54. The normalized spacial score (nSPS) is 15.8. The second-order valence-electron chi connectivity index (χ2n) is 6.66. The fraction of sp³-hybridized carbons (Fsp3) is 0.174. The quantitative estimate of drug-likeness (QED) is 0.730. The van der Waals surface area contributed by atoms with E-state index < -0.39 is 0 Å². The number of hydrogen-bond donors (Lipinski definition) is 1. The fourth-order valence-electron chi connectivity index (χ4n) is 3.33. The first kappa shape index (κ1) is 17.2. The van der Waals surface area contributed by atoms with E-state index >= 15 is 0 Å². The number of fused-ring (bicyclic) bond motifs is 1. The summed E-state index contributed by atoms with van der Waals surface area (Å²) in [4.78, 5) is 14.3. The third-order valence-corrected chi connectivity index (χ3v) is 4.86. The number of para-hydroxylation sites is 1. The molecule has 3 aromatic rings. The summed E-state index contributed by atoms with van der Waals surface area (Å²) < 4.78 is 5.86. The van der Waals surface area contributed by atoms with Crippen molar-refractivity contribution < 1.29 is 9.53 Å². The fourth-order valence-corrected chi connectivity index (χ4v) is 3.33. The molecule has 0 spiro atoms. The first-order chi connectivity index (χ1) is 13.2. The van der Waals surface area contributed by atoms with Crippen LogP contribution in [0.15, 0.2) is 78.9 Å². The van der Waals surface area contributed by atoms with Crippen LogP contribution in [-0.2, 0) is 6.42 Å². The van der Waals surface area contributed by atoms with Crippen LogP contribution in [0.2, 0.25) is 0 Å². The topological polar surface area (TPSA) is 41.6 Å². The Bertz CT molecular complexity index is 923. The summed E-state index contributed by atoms with van der Waals surface area (Å²) in [7, 11) is 1.82. The van der Waals surface area contributed by atoms with Crippen molar-refractivity contribution in [3.05, 3.63) is 95.6 Å². The smallest absolute Gasteiger partial charge is 0.257 e. The van der Waals surface area contributed by atoms with Gasteiger partial charge in [0, 0.05) is 19.2 Å². The highest BCUT2D eigenvalue weighted by Gasteiger charge is 2.29. The summed E-state index contributed by atoms with van der Waals surface area (Å²) in [5.74, 6) is 0.859. The Hall–Kier alpha value is -3.27. The molecule has 0 saturated heterocycles. The zero-order valence-electron chi connectivity index (χ0n) is 15.3. The molecule has 3 aromatic carbocycles. The molecule has 1 aliphatic heterocycles. The zero-order chi connectivity index (χ0) is 18.6. The van der Waals surface area contributed by atoms with Crippen LogP contribution in [0.4, 0.5) is 5.69 Å². The van der Waals surface area contributed by atoms with Crippen LogP contribution in [0, 0.1) is 0 Å². The summed E-state index contributed by atoms with van der Waals surface area (Å²) in [5, 5.41) is 3.44. The van der Waals surface area contributed by atoms with Gasteiger partial charge in [0.2, 0.25) is 0 Å². The maximum atomic E-state index is 12.6. The van der Waals surface area contributed by atoms with Crippen molar-refractivity contribution in [2.75, 3.05) is 19.0 Å². The number of carbonyl (C=O) groups excluding carboxylic acids is 1. The van der Waals surface area contributed by atoms with Crippen LogP contribution >= 0.6 is 0 Å². The predicted molar refractivity (Wildman–Crippen MR) is 107 cm³/mol. The number of anilines is 1. The third kappa shape index (κ3) is 3.65. The molecular weight excluding hydrogens is 336 g/mol. The molecule has 4 rings (SSSR count). The number of nitrogens with zero attached hydrogens (tertiary/aromatic N) is 1. The molecule has 1 heterocycles. The maximum Gasteiger partial charge on any atom is 0.257 e. The van der Waals surface area contributed by atoms with Gasteiger partial charge in [0.15, 0.2) is 0 Å². The number of hydrogen-bond acceptors (Lipinski definition) is 3. The van der Waals surface area contributed by atoms with E-state index in [1.807, 2.05) is 73.8 Å². The largest absolute Gasteiger partial charge is 0.493 e. The molecular formula is C23H22N2O2. The molecule has 1 unspecified atom stereocenters. The van der Waals surface area contributed by atoms with Crippen LogP contribution in [0.1, 0.15) is 27.7 Å². The summed E-state index contributed by atoms with van der Waals surface area (Å²) in [5.41, 5.74) is 3.86. The molecule has 0 fully saturated rings. The van der Waals surface area contributed by atoms with Gasteiger partial charge in [-0.2, -0.15) is 0 Å². The first-order valence-corrected chi connectivity index (χ1v) is 9.12. The minimum Gasteiger partial charge on any atom is -0.493 e. The van der Waals surface area contributed by atoms with Crippen LogP contribution < -0.4 is 10.1 Å². The van der Waals surface area contributed by atoms with E-state index in [0.717, 1.165) is 23.4 Å². The third-order valence-electron chi connectivity index (χ3n) is 4.86. The van der Waals surface area contributed by atoms with Gasteiger partial charge in [-0.15, -0.1) is 0 Å². The summed E-state index contributed by atoms with van der Waals surface area (Å²) in [6, 6.07) is 25.8. The van der Waals surface area contributed by atoms with E-state index in [-0.39, 0.29) is 12.1 Å². The van der Waals surface area contributed by atoms with E-state index in [1.54, 1.807) is 4.90 Å². The molecule has 1 amide bonds. The average Bonchev–Trinajstić information content (AvgIpc) is 2.72. The van der Waals surface area contributed by atoms with Crippen LogP contribution in [-0.4, -0.2) is 24.5 Å². The second-order valence-corrected chi connectivity index (χ2v) is 6.66. The Morgan fingerprint density at radius 1 is 0.926 bits per heavy atom. The Morgan fingerprint density at radius 3 is 2.41 bits per heavy atom. The molecule has 0 bridgehead atoms. The number of ether oxygens (including phenoxy) is 1. The average molecular weight is 358 g/mol. The van der Waals surface area contributed by atoms with Gasteiger partial charge < -0.3 is 15.0 Å². The molecule has 1 N–H and O–H groups in total. The van der Waals surface area contributed by atoms with Crippen molar-refractivity contribution in [3.8, 4) is 5.75 Å². The molecule has 0 saturated carbocycles. The van der Waals surface area contributed by atoms with Gasteiger partial charge >= 0.3 is 0 Å². The molecule has 0 radical (unpaired) electrons. The highest BCUT2D eigenvalue weighted by atomic mass is 16.5. The highest BCUT2D eigenvalue weighted by molar-refractivity contribution is 6.01. The Morgan fingerprint density at radius 2 is 1.63 bits per heavy atom. The van der Waals surface area contributed by atoms with E-state index in [2.05, 4.69) is 17.4 Å². The highest BCUT2D eigenvalue weighted by Crippen LogP contribution is 2.32. The van der Waals surface area contributed by atoms with Crippen LogP contribution in [0.3, 0.4) is 0 Å². The van der Waals surface area contributed by atoms with E-state index in [0.29, 0.717) is 12.2 Å². The lowest BCUT2D eigenvalue weighted by Gasteiger charge is -2.35. The van der Waals surface area contributed by atoms with Crippen molar-refractivity contribution in [1.29, 1.82) is 0 Å². The number of carbonyl (C=O) groups is 1. The van der Waals surface area contributed by atoms with Gasteiger partial charge in [0.25, 0.3) is 5.91 Å². The van der Waals surface area contributed by atoms with Crippen LogP contribution in [0.25, 0.3) is 0 Å². The number of amides is 1. The van der Waals surface area contributed by atoms with Crippen molar-refractivity contribution >= 4 is 11.6 Å². The maximum absolute atomic E-state index is 12.6. The molecule has 27 heavy (non-hydrogen) atoms. The first-order valence-electron chi connectivity index (χ1n) is 9.12. The number of benzene rings is 3. The molecule has 0 aromatic heterocycles. The molecule has 4 nitrogen and oxygen atoms in total. The zero-order valence-corrected chi connectivity index (χ0v) is 15.3. The monoisotopic (exact) mass is 358 g/mol. The van der Waals surface area contributed by atoms with Crippen molar-refractivity contribution in [2.24, 2.45) is 0 Å². The Kier molecular flexibility index (Phi) is 4.79. The lowest BCUT2D eigenvalue weighted by atomic mass is 10.0. The number of rotatable bonds is 5. The van der Waals surface area contributed by atoms with Crippen molar-refractivity contribution in [2.45, 2.75) is 12.6 Å². The van der Waals surface area contributed by atoms with Gasteiger partial charge in [-0.05, 0) is 35.4 Å². The van der Waals surface area contributed by atoms with E-state index in [9.17, 15) is 4.79 Å². The molecule has 1 atom stereocenters. The molecule has 0 aliphatic carbocycles. The van der Waals surface area contributed by atoms with Gasteiger partial charge in [-0.25, -0.2) is 0 Å². The summed E-state index contributed by atoms with van der Waals surface area (Å²) >= 11 is 0. The Labute approximate surface area is 159 Å². The van der Waals surface area contributed by atoms with Crippen molar-refractivity contribution in [1.82, 2.24) is 4.90 Å². The SMILES string of the molecule is CN1C(=O)c2ccccc2NC1c1ccc(OCCc2ccccc2)cc1. The minimum absolute atomic E-state index is 0.0255. The lowest BCUT2D eigenvalue weighted by molar-refractivity contribution is 0.0735. The number of nitrogens with one attached hydrogen (secondary N) is 1. The standard InChI is InChI=1S/C23H22N2O2/c1-25-22(24-21-10-6-5-9-20(21)23(25)26)18-11-13-19(14-12-18)27-16-15-17-7-3-2-4-8-17/h2-14,22,24H,15-16H2,1H3. The minimum atomic E-state index is -0.189. The van der Waals surface area contributed by atoms with Gasteiger partial charge in [0.05, 0.1) is 12.2 Å². The van der Waals surface area contributed by atoms with Gasteiger partial charge in [-0.1, -0.05) is 54.6 Å². The predicted octanol–water partition coefficient (Wildman–Crippen LogP) is 4.50. The van der Waals surface area contributed by atoms with E-state index in [1.165, 1.54) is 5.56 Å². The van der Waals surface area contributed by atoms with Crippen molar-refractivity contribution in [3.63, 3.8) is 0 Å². The Balaban J connectivity index is 1.42. The van der Waals surface area contributed by atoms with Gasteiger partial charge in [-0.3, -0.25) is 4.79 Å². The van der Waals surface area contributed by atoms with Crippen LogP contribution in [0.5, 0.6) is 5.75 Å². The molecule has 136 valence electrons. The summed E-state index contributed by atoms with van der Waals surface area (Å²) in [6.07, 6.45) is 0.687. The lowest BCUT2D eigenvalue weighted by Crippen LogP contribution is -2.40. The molecule has 1 aliphatic rings. The summed E-state index contributed by atoms with van der Waals surface area (Å²) in [6.45, 7) is 0.636. The van der Waals surface area contributed by atoms with Gasteiger partial charge in [0.1, 0.15) is 11.9 Å². The molecule has 4 heteroatoms.